The number of guanidine groups is 1. The van der Waals surface area contributed by atoms with E-state index in [2.05, 4.69) is 15.6 Å². The van der Waals surface area contributed by atoms with Crippen molar-refractivity contribution in [3.63, 3.8) is 0 Å². The number of aliphatic carboxylic acids is 1. The molecule has 3 unspecified atom stereocenters. The minimum atomic E-state index is -1.17. The number of aliphatic imine (C=N–C) groups is 1. The van der Waals surface area contributed by atoms with Crippen LogP contribution in [0.25, 0.3) is 0 Å². The van der Waals surface area contributed by atoms with E-state index in [0.29, 0.717) is 6.42 Å². The van der Waals surface area contributed by atoms with Gasteiger partial charge in [-0.05, 0) is 25.3 Å². The van der Waals surface area contributed by atoms with Gasteiger partial charge in [0.2, 0.25) is 11.8 Å². The normalized spacial score (nSPS) is 13.2. The Morgan fingerprint density at radius 2 is 1.66 bits per heavy atom. The maximum absolute atomic E-state index is 12.6. The molecular formula is C18H28CuN6O4+2. The summed E-state index contributed by atoms with van der Waals surface area (Å²) in [5.74, 6) is -2.37. The van der Waals surface area contributed by atoms with Gasteiger partial charge in [0.25, 0.3) is 0 Å². The third-order valence-electron chi connectivity index (χ3n) is 3.89. The van der Waals surface area contributed by atoms with Gasteiger partial charge in [0, 0.05) is 13.0 Å². The van der Waals surface area contributed by atoms with Gasteiger partial charge in [-0.25, -0.2) is 4.79 Å². The third-order valence-corrected chi connectivity index (χ3v) is 3.89. The second kappa shape index (κ2) is 13.5. The fraction of sp³-hybridized carbons (Fsp3) is 0.444. The molecule has 0 aliphatic rings. The molecule has 0 spiro atoms. The molecule has 11 heteroatoms. The van der Waals surface area contributed by atoms with Gasteiger partial charge < -0.3 is 32.9 Å². The van der Waals surface area contributed by atoms with E-state index in [1.807, 2.05) is 6.07 Å². The van der Waals surface area contributed by atoms with Crippen LogP contribution >= 0.6 is 0 Å². The van der Waals surface area contributed by atoms with E-state index in [1.54, 1.807) is 24.3 Å². The van der Waals surface area contributed by atoms with E-state index in [4.69, 9.17) is 17.2 Å². The van der Waals surface area contributed by atoms with Gasteiger partial charge in [-0.1, -0.05) is 30.3 Å². The van der Waals surface area contributed by atoms with Gasteiger partial charge in [0.1, 0.15) is 12.1 Å². The van der Waals surface area contributed by atoms with Crippen LogP contribution in [0.1, 0.15) is 25.3 Å². The number of carboxylic acid groups (broad SMARTS) is 1. The quantitative estimate of drug-likeness (QED) is 0.103. The standard InChI is InChI=1S/C18H28N6O4.Cu/c1-11(19)15(25)23-13(8-5-9-22-18(20)21)16(26)24-14(17(27)28)10-12-6-3-2-4-7-12;/h2-4,6-7,11,13-14H,5,8-10,19H2,1H3,(H,23,25)(H,24,26)(H,27,28)(H4,20,21,22);/q;+2. The van der Waals surface area contributed by atoms with Gasteiger partial charge in [0.05, 0.1) is 6.04 Å². The topological polar surface area (TPSA) is 186 Å². The number of carbonyl (C=O) groups excluding carboxylic acids is 2. The number of benzene rings is 1. The minimum Gasteiger partial charge on any atom is -0.480 e. The molecule has 0 aliphatic carbocycles. The van der Waals surface area contributed by atoms with Gasteiger partial charge >= 0.3 is 23.0 Å². The summed E-state index contributed by atoms with van der Waals surface area (Å²) in [6.07, 6.45) is 0.744. The van der Waals surface area contributed by atoms with Gasteiger partial charge in [-0.3, -0.25) is 14.6 Å². The molecular weight excluding hydrogens is 428 g/mol. The molecule has 0 bridgehead atoms. The van der Waals surface area contributed by atoms with E-state index >= 15 is 0 Å². The number of hydrogen-bond donors (Lipinski definition) is 6. The molecule has 1 rings (SSSR count). The molecule has 10 nitrogen and oxygen atoms in total. The molecule has 0 saturated heterocycles. The Bertz CT molecular complexity index is 695. The first-order valence-electron chi connectivity index (χ1n) is 8.89. The number of rotatable bonds is 11. The Morgan fingerprint density at radius 3 is 2.17 bits per heavy atom. The summed E-state index contributed by atoms with van der Waals surface area (Å²) in [4.78, 5) is 39.9. The van der Waals surface area contributed by atoms with Gasteiger partial charge in [-0.15, -0.1) is 0 Å². The molecule has 1 aromatic carbocycles. The van der Waals surface area contributed by atoms with Crippen LogP contribution < -0.4 is 27.8 Å². The van der Waals surface area contributed by atoms with Crippen LogP contribution in [-0.2, 0) is 37.9 Å². The first-order valence-corrected chi connectivity index (χ1v) is 8.89. The van der Waals surface area contributed by atoms with Crippen molar-refractivity contribution in [2.45, 2.75) is 44.3 Å². The van der Waals surface area contributed by atoms with Crippen molar-refractivity contribution in [2.24, 2.45) is 22.2 Å². The van der Waals surface area contributed by atoms with Crippen molar-refractivity contribution < 1.29 is 36.6 Å². The molecule has 29 heavy (non-hydrogen) atoms. The molecule has 0 heterocycles. The SMILES string of the molecule is CC(N)C(=O)NC(CCCN=C(N)N)C(=O)NC(Cc1ccccc1)C(=O)O.[Cu+2]. The first kappa shape index (κ1) is 26.4. The number of nitrogens with zero attached hydrogens (tertiary/aromatic N) is 1. The van der Waals surface area contributed by atoms with Crippen molar-refractivity contribution in [2.75, 3.05) is 6.54 Å². The molecule has 0 fully saturated rings. The fourth-order valence-corrected chi connectivity index (χ4v) is 2.40. The van der Waals surface area contributed by atoms with Crippen molar-refractivity contribution in [3.8, 4) is 0 Å². The smallest absolute Gasteiger partial charge is 0.480 e. The Morgan fingerprint density at radius 1 is 1.07 bits per heavy atom. The van der Waals surface area contributed by atoms with Crippen LogP contribution in [0, 0.1) is 0 Å². The maximum Gasteiger partial charge on any atom is 2.00 e. The third kappa shape index (κ3) is 10.5. The summed E-state index contributed by atoms with van der Waals surface area (Å²) in [7, 11) is 0. The molecule has 0 saturated carbocycles. The van der Waals surface area contributed by atoms with E-state index < -0.39 is 35.9 Å². The second-order valence-electron chi connectivity index (χ2n) is 6.39. The van der Waals surface area contributed by atoms with Crippen LogP contribution in [0.3, 0.4) is 0 Å². The number of nitrogens with two attached hydrogens (primary N) is 3. The van der Waals surface area contributed by atoms with Crippen LogP contribution in [0.15, 0.2) is 35.3 Å². The van der Waals surface area contributed by atoms with Crippen LogP contribution in [0.4, 0.5) is 0 Å². The Hall–Kier alpha value is -2.62. The fourth-order valence-electron chi connectivity index (χ4n) is 2.40. The molecule has 0 aliphatic heterocycles. The Kier molecular flexibility index (Phi) is 12.3. The number of nitrogens with one attached hydrogen (secondary N) is 2. The molecule has 2 amide bonds. The summed E-state index contributed by atoms with van der Waals surface area (Å²) < 4.78 is 0. The van der Waals surface area contributed by atoms with Crippen LogP contribution in [-0.4, -0.2) is 53.5 Å². The Balaban J connectivity index is 0.00000784. The van der Waals surface area contributed by atoms with Crippen molar-refractivity contribution in [3.05, 3.63) is 35.9 Å². The Labute approximate surface area is 180 Å². The number of amides is 2. The second-order valence-corrected chi connectivity index (χ2v) is 6.39. The van der Waals surface area contributed by atoms with Gasteiger partial charge in [0.15, 0.2) is 5.96 Å². The number of carbonyl (C=O) groups is 3. The van der Waals surface area contributed by atoms with Gasteiger partial charge in [-0.2, -0.15) is 0 Å². The van der Waals surface area contributed by atoms with E-state index in [0.717, 1.165) is 5.56 Å². The van der Waals surface area contributed by atoms with Crippen LogP contribution in [0.5, 0.6) is 0 Å². The summed E-state index contributed by atoms with van der Waals surface area (Å²) >= 11 is 0. The zero-order chi connectivity index (χ0) is 21.1. The zero-order valence-corrected chi connectivity index (χ0v) is 17.0. The average Bonchev–Trinajstić information content (AvgIpc) is 2.63. The maximum atomic E-state index is 12.6. The van der Waals surface area contributed by atoms with Crippen molar-refractivity contribution >= 4 is 23.7 Å². The predicted molar refractivity (Wildman–Crippen MR) is 105 cm³/mol. The zero-order valence-electron chi connectivity index (χ0n) is 16.1. The summed E-state index contributed by atoms with van der Waals surface area (Å²) in [6, 6.07) is 6.02. The summed E-state index contributed by atoms with van der Waals surface area (Å²) in [5, 5.41) is 14.5. The average molecular weight is 456 g/mol. The largest absolute Gasteiger partial charge is 2.00 e. The predicted octanol–water partition coefficient (Wildman–Crippen LogP) is -1.32. The first-order chi connectivity index (χ1) is 13.2. The number of carboxylic acids is 1. The molecule has 1 aromatic rings. The van der Waals surface area contributed by atoms with Crippen LogP contribution in [0.2, 0.25) is 0 Å². The molecule has 9 N–H and O–H groups in total. The molecule has 1 radical (unpaired) electrons. The van der Waals surface area contributed by atoms with Crippen molar-refractivity contribution in [1.29, 1.82) is 0 Å². The summed E-state index contributed by atoms with van der Waals surface area (Å²) in [5.41, 5.74) is 16.8. The van der Waals surface area contributed by atoms with Crippen molar-refractivity contribution in [1.82, 2.24) is 10.6 Å². The summed E-state index contributed by atoms with van der Waals surface area (Å²) in [6.45, 7) is 1.76. The molecule has 0 aromatic heterocycles. The monoisotopic (exact) mass is 455 g/mol. The van der Waals surface area contributed by atoms with E-state index in [1.165, 1.54) is 6.92 Å². The molecule has 3 atom stereocenters. The molecule has 163 valence electrons. The number of hydrogen-bond acceptors (Lipinski definition) is 5. The minimum absolute atomic E-state index is 0. The van der Waals surface area contributed by atoms with E-state index in [9.17, 15) is 19.5 Å². The van der Waals surface area contributed by atoms with E-state index in [-0.39, 0.29) is 42.4 Å².